The number of rotatable bonds is 11. The number of anilines is 1. The molecule has 1 heterocycles. The predicted molar refractivity (Wildman–Crippen MR) is 127 cm³/mol. The molecule has 8 nitrogen and oxygen atoms in total. The largest absolute Gasteiger partial charge is 1.00 e. The molecule has 0 unspecified atom stereocenters. The number of carboxylic acid groups (broad SMARTS) is 1. The second kappa shape index (κ2) is 13.7. The van der Waals surface area contributed by atoms with Gasteiger partial charge in [-0.1, -0.05) is 32.0 Å². The number of benzene rings is 2. The van der Waals surface area contributed by atoms with Crippen LogP contribution in [-0.2, 0) is 11.3 Å². The second-order valence-corrected chi connectivity index (χ2v) is 8.71. The van der Waals surface area contributed by atoms with Crippen LogP contribution in [0, 0.1) is 5.82 Å². The number of aromatic nitrogens is 2. The molecule has 0 aliphatic rings. The van der Waals surface area contributed by atoms with E-state index in [0.29, 0.717) is 22.8 Å². The zero-order chi connectivity index (χ0) is 25.5. The van der Waals surface area contributed by atoms with Crippen LogP contribution < -0.4 is 40.0 Å². The Morgan fingerprint density at radius 3 is 2.28 bits per heavy atom. The van der Waals surface area contributed by atoms with Crippen LogP contribution in [0.5, 0.6) is 0 Å². The van der Waals surface area contributed by atoms with E-state index in [-0.39, 0.29) is 60.6 Å². The van der Waals surface area contributed by atoms with Crippen molar-refractivity contribution in [2.75, 3.05) is 5.32 Å². The van der Waals surface area contributed by atoms with E-state index in [1.165, 1.54) is 12.1 Å². The molecule has 0 fully saturated rings. The van der Waals surface area contributed by atoms with Crippen molar-refractivity contribution in [1.82, 2.24) is 9.55 Å². The van der Waals surface area contributed by atoms with E-state index in [0.717, 1.165) is 0 Å². The van der Waals surface area contributed by atoms with Crippen LogP contribution in [0.25, 0.3) is 11.4 Å². The minimum Gasteiger partial charge on any atom is -0.550 e. The van der Waals surface area contributed by atoms with E-state index in [9.17, 15) is 29.3 Å². The van der Waals surface area contributed by atoms with Gasteiger partial charge in [0.1, 0.15) is 11.6 Å². The van der Waals surface area contributed by atoms with Gasteiger partial charge in [0.2, 0.25) is 0 Å². The van der Waals surface area contributed by atoms with Crippen LogP contribution in [0.3, 0.4) is 0 Å². The topological polar surface area (TPSA) is 128 Å². The molecule has 0 saturated carbocycles. The van der Waals surface area contributed by atoms with Crippen LogP contribution in [0.15, 0.2) is 54.6 Å². The Hall–Kier alpha value is -2.56. The molecule has 36 heavy (non-hydrogen) atoms. The number of hydrogen-bond donors (Lipinski definition) is 3. The molecule has 0 saturated heterocycles. The summed E-state index contributed by atoms with van der Waals surface area (Å²) in [6.45, 7) is 4.08. The van der Waals surface area contributed by atoms with Gasteiger partial charge in [-0.05, 0) is 55.2 Å². The Kier molecular flexibility index (Phi) is 11.3. The van der Waals surface area contributed by atoms with Crippen molar-refractivity contribution < 1.29 is 58.9 Å². The molecule has 0 bridgehead atoms. The van der Waals surface area contributed by atoms with E-state index in [4.69, 9.17) is 0 Å². The van der Waals surface area contributed by atoms with Gasteiger partial charge in [0.05, 0.1) is 17.9 Å². The van der Waals surface area contributed by atoms with E-state index in [1.54, 1.807) is 36.4 Å². The number of carbonyl (C=O) groups excluding carboxylic acids is 2. The quantitative estimate of drug-likeness (QED) is 0.308. The number of imidazole rings is 1. The maximum absolute atomic E-state index is 13.6. The molecule has 3 rings (SSSR count). The van der Waals surface area contributed by atoms with Gasteiger partial charge in [-0.15, -0.1) is 0 Å². The molecule has 2 atom stereocenters. The summed E-state index contributed by atoms with van der Waals surface area (Å²) in [7, 11) is 0. The smallest absolute Gasteiger partial charge is 0.550 e. The van der Waals surface area contributed by atoms with Crippen LogP contribution >= 0.6 is 0 Å². The molecule has 0 spiro atoms. The van der Waals surface area contributed by atoms with Gasteiger partial charge in [0.25, 0.3) is 5.91 Å². The molecule has 3 N–H and O–H groups in total. The third-order valence-electron chi connectivity index (χ3n) is 5.54. The first kappa shape index (κ1) is 29.7. The first-order valence-electron chi connectivity index (χ1n) is 11.4. The van der Waals surface area contributed by atoms with Gasteiger partial charge in [0.15, 0.2) is 5.69 Å². The minimum atomic E-state index is -1.39. The maximum Gasteiger partial charge on any atom is 1.00 e. The van der Waals surface area contributed by atoms with E-state index < -0.39 is 36.3 Å². The summed E-state index contributed by atoms with van der Waals surface area (Å²) >= 11 is 0. The van der Waals surface area contributed by atoms with Crippen molar-refractivity contribution in [3.05, 3.63) is 71.8 Å². The summed E-state index contributed by atoms with van der Waals surface area (Å²) < 4.78 is 15.4. The van der Waals surface area contributed by atoms with E-state index >= 15 is 0 Å². The molecule has 10 heteroatoms. The molecule has 3 aromatic rings. The summed E-state index contributed by atoms with van der Waals surface area (Å²) in [6, 6.07) is 14.7. The Morgan fingerprint density at radius 2 is 1.69 bits per heavy atom. The fraction of sp³-hybridized carbons (Fsp3) is 0.346. The van der Waals surface area contributed by atoms with Gasteiger partial charge in [-0.2, -0.15) is 0 Å². The molecule has 186 valence electrons. The molecule has 1 amide bonds. The minimum absolute atomic E-state index is 0. The SMILES string of the molecule is CC(C)c1c(C(=O)Nc2ccccc2)nc(-c2ccc(F)cc2)n1CC[C@@H](O)C[C@@H](O)CC(=O)[O-].[Na+]. The zero-order valence-electron chi connectivity index (χ0n) is 20.6. The number of carboxylic acids is 1. The first-order chi connectivity index (χ1) is 16.7. The number of nitrogens with one attached hydrogen (secondary N) is 1. The fourth-order valence-corrected chi connectivity index (χ4v) is 3.96. The molecule has 0 aliphatic carbocycles. The van der Waals surface area contributed by atoms with Crippen LogP contribution in [-0.4, -0.2) is 43.8 Å². The van der Waals surface area contributed by atoms with Gasteiger partial charge in [-0.3, -0.25) is 4.79 Å². The summed E-state index contributed by atoms with van der Waals surface area (Å²) in [6.07, 6.45) is -2.74. The number of nitrogens with zero attached hydrogens (tertiary/aromatic N) is 2. The normalized spacial score (nSPS) is 12.6. The van der Waals surface area contributed by atoms with Gasteiger partial charge in [0, 0.05) is 30.2 Å². The Labute approximate surface area is 231 Å². The Balaban J connectivity index is 0.00000456. The molecule has 2 aromatic carbocycles. The molecular weight excluding hydrogens is 476 g/mol. The average Bonchev–Trinajstić information content (AvgIpc) is 3.18. The van der Waals surface area contributed by atoms with Crippen molar-refractivity contribution in [3.8, 4) is 11.4 Å². The van der Waals surface area contributed by atoms with E-state index in [1.807, 2.05) is 24.5 Å². The zero-order valence-corrected chi connectivity index (χ0v) is 22.6. The third kappa shape index (κ3) is 7.97. The first-order valence-corrected chi connectivity index (χ1v) is 11.4. The van der Waals surface area contributed by atoms with Crippen LogP contribution in [0.1, 0.15) is 55.2 Å². The van der Waals surface area contributed by atoms with Crippen molar-refractivity contribution in [2.45, 2.75) is 57.8 Å². The predicted octanol–water partition coefficient (Wildman–Crippen LogP) is -0.289. The molecule has 0 radical (unpaired) electrons. The summed E-state index contributed by atoms with van der Waals surface area (Å²) in [5, 5.41) is 33.7. The third-order valence-corrected chi connectivity index (χ3v) is 5.54. The van der Waals surface area contributed by atoms with Crippen molar-refractivity contribution in [1.29, 1.82) is 0 Å². The standard InChI is InChI=1S/C26H30FN3O5.Na/c1-16(2)24-23(26(35)28-19-6-4-3-5-7-19)29-25(17-8-10-18(27)11-9-17)30(24)13-12-20(31)14-21(32)15-22(33)34;/h3-11,16,20-21,31-32H,12-15H2,1-2H3,(H,28,35)(H,33,34);/q;+1/p-1/t20-,21-;/m1./s1. The van der Waals surface area contributed by atoms with E-state index in [2.05, 4.69) is 10.3 Å². The van der Waals surface area contributed by atoms with Crippen LogP contribution in [0.4, 0.5) is 10.1 Å². The number of amides is 1. The number of aliphatic carboxylic acids is 1. The number of halogens is 1. The summed E-state index contributed by atoms with van der Waals surface area (Å²) in [5.41, 5.74) is 2.07. The number of hydrogen-bond acceptors (Lipinski definition) is 6. The monoisotopic (exact) mass is 505 g/mol. The summed E-state index contributed by atoms with van der Waals surface area (Å²) in [4.78, 5) is 28.5. The molecular formula is C26H29FN3NaO5. The van der Waals surface area contributed by atoms with Crippen LogP contribution in [0.2, 0.25) is 0 Å². The second-order valence-electron chi connectivity index (χ2n) is 8.71. The number of para-hydroxylation sites is 1. The number of aliphatic hydroxyl groups excluding tert-OH is 2. The Bertz CT molecular complexity index is 1150. The van der Waals surface area contributed by atoms with Crippen molar-refractivity contribution >= 4 is 17.6 Å². The maximum atomic E-state index is 13.6. The van der Waals surface area contributed by atoms with Gasteiger partial charge in [-0.25, -0.2) is 9.37 Å². The fourth-order valence-electron chi connectivity index (χ4n) is 3.96. The number of aliphatic hydroxyl groups is 2. The Morgan fingerprint density at radius 1 is 1.06 bits per heavy atom. The molecule has 0 aliphatic heterocycles. The number of carbonyl (C=O) groups is 2. The van der Waals surface area contributed by atoms with Gasteiger partial charge < -0.3 is 30.0 Å². The van der Waals surface area contributed by atoms with Crippen molar-refractivity contribution in [2.24, 2.45) is 0 Å². The average molecular weight is 506 g/mol. The van der Waals surface area contributed by atoms with Gasteiger partial charge >= 0.3 is 29.6 Å². The molecule has 1 aromatic heterocycles. The van der Waals surface area contributed by atoms with Crippen molar-refractivity contribution in [3.63, 3.8) is 0 Å². The summed E-state index contributed by atoms with van der Waals surface area (Å²) in [5.74, 6) is -1.88.